The van der Waals surface area contributed by atoms with Gasteiger partial charge in [0.05, 0.1) is 27.2 Å². The molecule has 1 heterocycles. The van der Waals surface area contributed by atoms with E-state index in [0.29, 0.717) is 35.0 Å². The number of ether oxygens (including phenoxy) is 1. The summed E-state index contributed by atoms with van der Waals surface area (Å²) in [6.45, 7) is 0.776. The molecule has 1 aliphatic heterocycles. The van der Waals surface area contributed by atoms with Gasteiger partial charge in [0, 0.05) is 18.5 Å². The molecule has 0 saturated carbocycles. The van der Waals surface area contributed by atoms with Crippen LogP contribution in [-0.4, -0.2) is 37.9 Å². The normalized spacial score (nSPS) is 15.1. The second-order valence-electron chi connectivity index (χ2n) is 9.53. The number of nitriles is 1. The van der Waals surface area contributed by atoms with Crippen LogP contribution in [0.1, 0.15) is 23.1 Å². The zero-order valence-electron chi connectivity index (χ0n) is 21.7. The van der Waals surface area contributed by atoms with Crippen LogP contribution in [-0.2, 0) is 32.7 Å². The van der Waals surface area contributed by atoms with E-state index >= 15 is 0 Å². The monoisotopic (exact) mass is 588 g/mol. The van der Waals surface area contributed by atoms with E-state index in [1.807, 2.05) is 36.4 Å². The Morgan fingerprint density at radius 3 is 2.59 bits per heavy atom. The Kier molecular flexibility index (Phi) is 8.21. The van der Waals surface area contributed by atoms with Crippen LogP contribution in [0, 0.1) is 11.3 Å². The zero-order valence-corrected chi connectivity index (χ0v) is 23.3. The molecule has 2 N–H and O–H groups in total. The highest BCUT2D eigenvalue weighted by Crippen LogP contribution is 2.33. The maximum atomic E-state index is 13.2. The summed E-state index contributed by atoms with van der Waals surface area (Å²) >= 11 is 6.52. The van der Waals surface area contributed by atoms with Crippen LogP contribution < -0.4 is 10.0 Å². The van der Waals surface area contributed by atoms with Crippen molar-refractivity contribution in [3.63, 3.8) is 0 Å². The van der Waals surface area contributed by atoms with E-state index in [9.17, 15) is 18.0 Å². The summed E-state index contributed by atoms with van der Waals surface area (Å²) in [5, 5.41) is 13.0. The Morgan fingerprint density at radius 1 is 1.02 bits per heavy atom. The summed E-state index contributed by atoms with van der Waals surface area (Å²) in [4.78, 5) is 26.8. The zero-order chi connectivity index (χ0) is 29.0. The fourth-order valence-corrected chi connectivity index (χ4v) is 6.16. The van der Waals surface area contributed by atoms with Crippen molar-refractivity contribution in [2.24, 2.45) is 0 Å². The molecule has 4 aromatic carbocycles. The van der Waals surface area contributed by atoms with Gasteiger partial charge in [0.15, 0.2) is 0 Å². The molecular weight excluding hydrogens is 564 g/mol. The molecule has 9 nitrogen and oxygen atoms in total. The van der Waals surface area contributed by atoms with E-state index < -0.39 is 22.2 Å². The van der Waals surface area contributed by atoms with Crippen LogP contribution in [0.25, 0.3) is 10.8 Å². The molecule has 1 fully saturated rings. The predicted octanol–water partition coefficient (Wildman–Crippen LogP) is 5.19. The Balaban J connectivity index is 1.25. The van der Waals surface area contributed by atoms with Gasteiger partial charge < -0.3 is 9.64 Å². The first-order valence-corrected chi connectivity index (χ1v) is 14.6. The van der Waals surface area contributed by atoms with E-state index in [-0.39, 0.29) is 29.0 Å². The molecule has 41 heavy (non-hydrogen) atoms. The van der Waals surface area contributed by atoms with Crippen LogP contribution in [0.3, 0.4) is 0 Å². The lowest BCUT2D eigenvalue weighted by Crippen LogP contribution is -2.41. The number of fused-ring (bicyclic) bond motifs is 1. The van der Waals surface area contributed by atoms with Crippen LogP contribution in [0.15, 0.2) is 89.8 Å². The molecule has 0 aromatic heterocycles. The van der Waals surface area contributed by atoms with Gasteiger partial charge in [-0.3, -0.25) is 10.1 Å². The lowest BCUT2D eigenvalue weighted by molar-refractivity contribution is -0.129. The van der Waals surface area contributed by atoms with Gasteiger partial charge in [-0.25, -0.2) is 13.2 Å². The van der Waals surface area contributed by atoms with Crippen LogP contribution in [0.5, 0.6) is 0 Å². The molecule has 0 radical (unpaired) electrons. The minimum atomic E-state index is -4.02. The van der Waals surface area contributed by atoms with Gasteiger partial charge in [-0.2, -0.15) is 9.98 Å². The largest absolute Gasteiger partial charge is 0.444 e. The lowest BCUT2D eigenvalue weighted by Gasteiger charge is -2.17. The minimum absolute atomic E-state index is 0.0166. The fourth-order valence-electron chi connectivity index (χ4n) is 4.62. The van der Waals surface area contributed by atoms with Crippen LogP contribution in [0.4, 0.5) is 10.5 Å². The standard InChI is InChI=1S/C30H25ClN4O5S/c31-28-25-11-10-24(16-23(25)9-12-26(28)33-30(37)40-19-20-5-2-1-3-6-20)41(38,39)34-27-13-14-35(29(27)36)18-22-8-4-7-21(15-22)17-32/h1-12,15-16,27,34H,13-14,18-19H2,(H,33,37)/t27-/m0/s1. The van der Waals surface area contributed by atoms with E-state index in [2.05, 4.69) is 16.1 Å². The second kappa shape index (κ2) is 12.0. The van der Waals surface area contributed by atoms with Gasteiger partial charge in [0.2, 0.25) is 15.9 Å². The van der Waals surface area contributed by atoms with Gasteiger partial charge in [0.1, 0.15) is 12.6 Å². The lowest BCUT2D eigenvalue weighted by atomic mass is 10.1. The van der Waals surface area contributed by atoms with E-state index in [4.69, 9.17) is 21.6 Å². The first-order valence-electron chi connectivity index (χ1n) is 12.7. The number of hydrogen-bond donors (Lipinski definition) is 2. The Hall–Kier alpha value is -4.43. The van der Waals surface area contributed by atoms with E-state index in [1.165, 1.54) is 12.1 Å². The number of nitrogens with zero attached hydrogens (tertiary/aromatic N) is 2. The molecule has 2 amide bonds. The number of carbonyl (C=O) groups excluding carboxylic acids is 2. The molecular formula is C30H25ClN4O5S. The molecule has 4 aromatic rings. The van der Waals surface area contributed by atoms with Crippen LogP contribution >= 0.6 is 11.6 Å². The molecule has 11 heteroatoms. The number of hydrogen-bond acceptors (Lipinski definition) is 6. The van der Waals surface area contributed by atoms with Crippen molar-refractivity contribution in [1.82, 2.24) is 9.62 Å². The Morgan fingerprint density at radius 2 is 1.80 bits per heavy atom. The summed E-state index contributed by atoms with van der Waals surface area (Å²) in [5.74, 6) is -0.324. The van der Waals surface area contributed by atoms with Crippen LogP contribution in [0.2, 0.25) is 5.02 Å². The first-order chi connectivity index (χ1) is 19.7. The number of nitrogens with one attached hydrogen (secondary N) is 2. The molecule has 0 bridgehead atoms. The number of carbonyl (C=O) groups is 2. The van der Waals surface area contributed by atoms with Crippen molar-refractivity contribution in [2.75, 3.05) is 11.9 Å². The molecule has 208 valence electrons. The van der Waals surface area contributed by atoms with Gasteiger partial charge in [-0.15, -0.1) is 0 Å². The Bertz CT molecular complexity index is 1770. The number of likely N-dealkylation sites (tertiary alicyclic amines) is 1. The first kappa shape index (κ1) is 28.1. The van der Waals surface area contributed by atoms with Crippen molar-refractivity contribution >= 4 is 50.1 Å². The van der Waals surface area contributed by atoms with Gasteiger partial charge in [0.25, 0.3) is 0 Å². The summed E-state index contributed by atoms with van der Waals surface area (Å²) in [7, 11) is -4.02. The fraction of sp³-hybridized carbons (Fsp3) is 0.167. The van der Waals surface area contributed by atoms with Gasteiger partial charge in [-0.1, -0.05) is 66.2 Å². The van der Waals surface area contributed by atoms with E-state index in [0.717, 1.165) is 11.1 Å². The minimum Gasteiger partial charge on any atom is -0.444 e. The Labute approximate surface area is 242 Å². The van der Waals surface area contributed by atoms with Gasteiger partial charge in [-0.05, 0) is 53.3 Å². The third kappa shape index (κ3) is 6.49. The SMILES string of the molecule is N#Cc1cccc(CN2CC[C@H](NS(=O)(=O)c3ccc4c(Cl)c(NC(=O)OCc5ccccc5)ccc4c3)C2=O)c1. The van der Waals surface area contributed by atoms with E-state index in [1.54, 1.807) is 41.3 Å². The molecule has 0 aliphatic carbocycles. The van der Waals surface area contributed by atoms with Gasteiger partial charge >= 0.3 is 6.09 Å². The summed E-state index contributed by atoms with van der Waals surface area (Å²) in [5.41, 5.74) is 2.45. The number of sulfonamides is 1. The highest BCUT2D eigenvalue weighted by atomic mass is 35.5. The quantitative estimate of drug-likeness (QED) is 0.291. The van der Waals surface area contributed by atoms with Crippen molar-refractivity contribution in [3.05, 3.63) is 107 Å². The average Bonchev–Trinajstić information content (AvgIpc) is 3.31. The molecule has 1 aliphatic rings. The number of benzene rings is 4. The predicted molar refractivity (Wildman–Crippen MR) is 155 cm³/mol. The highest BCUT2D eigenvalue weighted by molar-refractivity contribution is 7.89. The number of rotatable bonds is 8. The smallest absolute Gasteiger partial charge is 0.412 e. The van der Waals surface area contributed by atoms with Crippen molar-refractivity contribution in [1.29, 1.82) is 5.26 Å². The number of anilines is 1. The molecule has 0 spiro atoms. The highest BCUT2D eigenvalue weighted by Gasteiger charge is 2.35. The average molecular weight is 589 g/mol. The molecule has 1 atom stereocenters. The number of halogens is 1. The third-order valence-electron chi connectivity index (χ3n) is 6.71. The summed E-state index contributed by atoms with van der Waals surface area (Å²) in [6.07, 6.45) is -0.350. The molecule has 0 unspecified atom stereocenters. The molecule has 5 rings (SSSR count). The third-order valence-corrected chi connectivity index (χ3v) is 8.59. The summed E-state index contributed by atoms with van der Waals surface area (Å²) < 4.78 is 34.1. The van der Waals surface area contributed by atoms with Crippen molar-refractivity contribution in [2.45, 2.75) is 30.5 Å². The second-order valence-corrected chi connectivity index (χ2v) is 11.6. The molecule has 1 saturated heterocycles. The van der Waals surface area contributed by atoms with Crippen molar-refractivity contribution in [3.8, 4) is 6.07 Å². The number of amides is 2. The van der Waals surface area contributed by atoms with Crippen molar-refractivity contribution < 1.29 is 22.7 Å². The summed E-state index contributed by atoms with van der Waals surface area (Å²) in [6, 6.07) is 25.0. The maximum Gasteiger partial charge on any atom is 0.412 e. The maximum absolute atomic E-state index is 13.2. The topological polar surface area (TPSA) is 129 Å².